The van der Waals surface area contributed by atoms with Crippen LogP contribution in [-0.2, 0) is 31.4 Å². The first-order chi connectivity index (χ1) is 18.9. The third-order valence-corrected chi connectivity index (χ3v) is 7.12. The number of aliphatic hydroxyl groups excluding tert-OH is 2. The minimum atomic E-state index is -4.57. The van der Waals surface area contributed by atoms with E-state index in [-0.39, 0.29) is 38.6 Å². The van der Waals surface area contributed by atoms with E-state index in [0.717, 1.165) is 30.6 Å². The largest absolute Gasteiger partial charge is 0.492 e. The molecule has 3 heterocycles. The fraction of sp³-hybridized carbons (Fsp3) is 0.304. The number of hydrogen-bond donors (Lipinski definition) is 2. The number of amides is 1. The van der Waals surface area contributed by atoms with Crippen LogP contribution in [0.15, 0.2) is 61.7 Å². The number of Topliss-reactive ketones (excluding diaryl/α,β-unsaturated/α-hetero) is 1. The molecular formula is C23H18Br3F6N3O6. The number of methoxy groups -OCH3 is 2. The van der Waals surface area contributed by atoms with Crippen molar-refractivity contribution in [3.63, 3.8) is 0 Å². The van der Waals surface area contributed by atoms with Crippen molar-refractivity contribution in [2.45, 2.75) is 31.1 Å². The molecule has 0 bridgehead atoms. The van der Waals surface area contributed by atoms with E-state index in [1.54, 1.807) is 0 Å². The highest BCUT2D eigenvalue weighted by molar-refractivity contribution is 9.12. The Morgan fingerprint density at radius 1 is 0.854 bits per heavy atom. The lowest BCUT2D eigenvalue weighted by Gasteiger charge is -2.20. The molecule has 0 radical (unpaired) electrons. The second-order valence-electron chi connectivity index (χ2n) is 7.72. The zero-order valence-corrected chi connectivity index (χ0v) is 25.4. The average Bonchev–Trinajstić information content (AvgIpc) is 3.26. The van der Waals surface area contributed by atoms with E-state index in [4.69, 9.17) is 14.6 Å². The van der Waals surface area contributed by atoms with Crippen molar-refractivity contribution in [2.75, 3.05) is 19.1 Å². The zero-order valence-electron chi connectivity index (χ0n) is 20.6. The Balaban J connectivity index is 0.000000236. The van der Waals surface area contributed by atoms with E-state index < -0.39 is 41.7 Å². The van der Waals surface area contributed by atoms with Crippen LogP contribution in [0.4, 0.5) is 32.2 Å². The van der Waals surface area contributed by atoms with Gasteiger partial charge in [0.1, 0.15) is 10.4 Å². The topological polar surface area (TPSA) is 122 Å². The molecule has 2 aromatic rings. The van der Waals surface area contributed by atoms with Crippen LogP contribution in [0.25, 0.3) is 0 Å². The maximum Gasteiger partial charge on any atom is 0.416 e. The lowest BCUT2D eigenvalue weighted by Crippen LogP contribution is -2.36. The molecule has 2 atom stereocenters. The molecule has 1 aliphatic heterocycles. The van der Waals surface area contributed by atoms with E-state index in [2.05, 4.69) is 57.8 Å². The highest BCUT2D eigenvalue weighted by Gasteiger charge is 2.41. The number of aromatic nitrogens is 2. The van der Waals surface area contributed by atoms with Gasteiger partial charge in [0.25, 0.3) is 5.91 Å². The summed E-state index contributed by atoms with van der Waals surface area (Å²) in [6, 6.07) is 3.31. The lowest BCUT2D eigenvalue weighted by molar-refractivity contribution is -0.138. The highest BCUT2D eigenvalue weighted by atomic mass is 79.9. The summed E-state index contributed by atoms with van der Waals surface area (Å²) in [7, 11) is 2.62. The molecule has 0 spiro atoms. The normalized spacial score (nSPS) is 19.1. The molecule has 0 saturated carbocycles. The maximum absolute atomic E-state index is 12.6. The Bertz CT molecular complexity index is 1350. The molecule has 2 aliphatic rings. The molecule has 224 valence electrons. The van der Waals surface area contributed by atoms with Gasteiger partial charge < -0.3 is 19.7 Å². The van der Waals surface area contributed by atoms with Crippen molar-refractivity contribution in [2.24, 2.45) is 0 Å². The van der Waals surface area contributed by atoms with Crippen LogP contribution in [0.2, 0.25) is 0 Å². The van der Waals surface area contributed by atoms with Gasteiger partial charge in [-0.15, -0.1) is 0 Å². The van der Waals surface area contributed by atoms with Gasteiger partial charge in [0.2, 0.25) is 5.78 Å². The summed E-state index contributed by atoms with van der Waals surface area (Å²) in [4.78, 5) is 30.8. The summed E-state index contributed by atoms with van der Waals surface area (Å²) in [5.41, 5.74) is -1.66. The number of aliphatic hydroxyl groups is 2. The molecule has 4 rings (SSSR count). The molecule has 0 aromatic carbocycles. The van der Waals surface area contributed by atoms with Crippen LogP contribution in [0.3, 0.4) is 0 Å². The van der Waals surface area contributed by atoms with Crippen molar-refractivity contribution < 1.29 is 55.6 Å². The summed E-state index contributed by atoms with van der Waals surface area (Å²) < 4.78 is 83.8. The van der Waals surface area contributed by atoms with Crippen LogP contribution in [-0.4, -0.2) is 58.4 Å². The van der Waals surface area contributed by atoms with Gasteiger partial charge in [0.15, 0.2) is 17.7 Å². The Kier molecular flexibility index (Phi) is 11.9. The van der Waals surface area contributed by atoms with Crippen molar-refractivity contribution >= 4 is 65.3 Å². The number of carbonyl (C=O) groups is 2. The molecule has 1 amide bonds. The Hall–Kier alpha value is -2.54. The minimum absolute atomic E-state index is 0.0317. The number of carbonyl (C=O) groups excluding carboxylic acids is 2. The quantitative estimate of drug-likeness (QED) is 0.312. The van der Waals surface area contributed by atoms with Gasteiger partial charge in [-0.25, -0.2) is 9.97 Å². The lowest BCUT2D eigenvalue weighted by atomic mass is 10.2. The van der Waals surface area contributed by atoms with E-state index in [0.29, 0.717) is 15.4 Å². The van der Waals surface area contributed by atoms with Crippen LogP contribution in [0, 0.1) is 0 Å². The number of hydrogen-bond acceptors (Lipinski definition) is 8. The molecule has 2 N–H and O–H groups in total. The smallest absolute Gasteiger partial charge is 0.416 e. The van der Waals surface area contributed by atoms with Gasteiger partial charge in [-0.2, -0.15) is 26.3 Å². The number of nitrogens with zero attached hydrogens (tertiary/aromatic N) is 3. The standard InChI is InChI=1S/C11H8BrF3N2O3.C6H3BrF3N.C6H7BrO3/c1-20-8-7(12)9(18)17(10(8)19)6-4-5(2-3-16-6)11(13,14)15;7-5-3-4(1-2-11-5)6(8,9)10;1-10-6-4(9)2-3(8)5(6)7/h2-4,9,18H,1H3;1-3H;3,8H,2H2,1H3. The number of anilines is 1. The summed E-state index contributed by atoms with van der Waals surface area (Å²) >= 11 is 8.86. The fourth-order valence-electron chi connectivity index (χ4n) is 3.13. The second kappa shape index (κ2) is 14.1. The Labute approximate surface area is 253 Å². The van der Waals surface area contributed by atoms with E-state index in [1.807, 2.05) is 0 Å². The van der Waals surface area contributed by atoms with Crippen molar-refractivity contribution in [3.05, 3.63) is 72.9 Å². The Morgan fingerprint density at radius 3 is 1.73 bits per heavy atom. The minimum Gasteiger partial charge on any atom is -0.492 e. The van der Waals surface area contributed by atoms with Crippen molar-refractivity contribution in [3.8, 4) is 0 Å². The number of alkyl halides is 6. The van der Waals surface area contributed by atoms with Crippen molar-refractivity contribution in [1.29, 1.82) is 0 Å². The SMILES string of the molecule is COC1=C(Br)C(O)CC1=O.COC1=C(Br)C(O)N(c2cc(C(F)(F)F)ccn2)C1=O.FC(F)(F)c1ccnc(Br)c1. The first-order valence-corrected chi connectivity index (χ1v) is 13.1. The van der Waals surface area contributed by atoms with Gasteiger partial charge in [0, 0.05) is 18.8 Å². The van der Waals surface area contributed by atoms with Crippen LogP contribution in [0.1, 0.15) is 17.5 Å². The highest BCUT2D eigenvalue weighted by Crippen LogP contribution is 2.36. The number of ketones is 1. The monoisotopic (exact) mass is 783 g/mol. The van der Waals surface area contributed by atoms with Gasteiger partial charge >= 0.3 is 12.4 Å². The van der Waals surface area contributed by atoms with Gasteiger partial charge in [0.05, 0.1) is 40.4 Å². The molecule has 18 heteroatoms. The first kappa shape index (κ1) is 34.7. The summed E-state index contributed by atoms with van der Waals surface area (Å²) in [6.45, 7) is 0. The van der Waals surface area contributed by atoms with Crippen LogP contribution >= 0.6 is 47.8 Å². The van der Waals surface area contributed by atoms with E-state index >= 15 is 0 Å². The van der Waals surface area contributed by atoms with Gasteiger partial charge in [-0.1, -0.05) is 0 Å². The summed E-state index contributed by atoms with van der Waals surface area (Å²) in [6.07, 6.45) is -8.89. The van der Waals surface area contributed by atoms with E-state index in [1.165, 1.54) is 14.2 Å². The number of halogens is 9. The number of ether oxygens (including phenoxy) is 2. The number of allylic oxidation sites excluding steroid dienone is 1. The Morgan fingerprint density at radius 2 is 1.37 bits per heavy atom. The molecule has 2 unspecified atom stereocenters. The maximum atomic E-state index is 12.6. The molecule has 0 fully saturated rings. The first-order valence-electron chi connectivity index (χ1n) is 10.8. The summed E-state index contributed by atoms with van der Waals surface area (Å²) in [5, 5.41) is 18.9. The van der Waals surface area contributed by atoms with Crippen LogP contribution < -0.4 is 4.90 Å². The predicted octanol–water partition coefficient (Wildman–Crippen LogP) is 5.45. The number of rotatable bonds is 3. The molecule has 1 aliphatic carbocycles. The molecule has 2 aromatic heterocycles. The zero-order chi connectivity index (χ0) is 31.3. The third kappa shape index (κ3) is 8.73. The fourth-order valence-corrected chi connectivity index (χ4v) is 4.57. The second-order valence-corrected chi connectivity index (χ2v) is 10.2. The van der Waals surface area contributed by atoms with Gasteiger partial charge in [-0.3, -0.25) is 14.5 Å². The third-order valence-electron chi connectivity index (χ3n) is 5.02. The number of pyridine rings is 2. The molecular weight excluding hydrogens is 768 g/mol. The molecule has 9 nitrogen and oxygen atoms in total. The summed E-state index contributed by atoms with van der Waals surface area (Å²) in [5.74, 6) is -1.19. The van der Waals surface area contributed by atoms with Gasteiger partial charge in [-0.05, 0) is 72.1 Å². The van der Waals surface area contributed by atoms with Crippen molar-refractivity contribution in [1.82, 2.24) is 9.97 Å². The average molecular weight is 786 g/mol. The van der Waals surface area contributed by atoms with E-state index in [9.17, 15) is 41.0 Å². The van der Waals surface area contributed by atoms with Crippen LogP contribution in [0.5, 0.6) is 0 Å². The molecule has 0 saturated heterocycles. The molecule has 41 heavy (non-hydrogen) atoms. The predicted molar refractivity (Wildman–Crippen MR) is 141 cm³/mol.